The summed E-state index contributed by atoms with van der Waals surface area (Å²) >= 11 is 0. The zero-order valence-electron chi connectivity index (χ0n) is 15.5. The molecule has 138 valence electrons. The summed E-state index contributed by atoms with van der Waals surface area (Å²) in [5.74, 6) is 0.962. The van der Waals surface area contributed by atoms with Crippen LogP contribution in [0.1, 0.15) is 36.0 Å². The second-order valence-electron chi connectivity index (χ2n) is 6.44. The molecule has 0 radical (unpaired) electrons. The van der Waals surface area contributed by atoms with E-state index in [4.69, 9.17) is 9.47 Å². The smallest absolute Gasteiger partial charge is 0.259 e. The molecule has 1 fully saturated rings. The predicted octanol–water partition coefficient (Wildman–Crippen LogP) is 4.34. The largest absolute Gasteiger partial charge is 0.497 e. The highest BCUT2D eigenvalue weighted by molar-refractivity contribution is 6.07. The Bertz CT molecular complexity index is 753. The minimum atomic E-state index is -0.188. The fourth-order valence-corrected chi connectivity index (χ4v) is 3.34. The van der Waals surface area contributed by atoms with Gasteiger partial charge in [-0.05, 0) is 37.1 Å². The van der Waals surface area contributed by atoms with Crippen LogP contribution in [0.15, 0.2) is 42.5 Å². The Morgan fingerprint density at radius 2 is 1.69 bits per heavy atom. The Labute approximate surface area is 154 Å². The quantitative estimate of drug-likeness (QED) is 0.868. The van der Waals surface area contributed by atoms with E-state index < -0.39 is 0 Å². The first-order valence-corrected chi connectivity index (χ1v) is 9.10. The first kappa shape index (κ1) is 18.1. The van der Waals surface area contributed by atoms with E-state index in [0.717, 1.165) is 24.5 Å². The molecule has 5 heteroatoms. The monoisotopic (exact) mass is 354 g/mol. The first-order valence-electron chi connectivity index (χ1n) is 9.10. The molecule has 0 saturated carbocycles. The van der Waals surface area contributed by atoms with Crippen molar-refractivity contribution in [3.8, 4) is 11.5 Å². The maximum atomic E-state index is 12.8. The zero-order chi connectivity index (χ0) is 18.4. The lowest BCUT2D eigenvalue weighted by Crippen LogP contribution is -2.25. The number of ether oxygens (including phenoxy) is 2. The van der Waals surface area contributed by atoms with Gasteiger partial charge in [-0.2, -0.15) is 0 Å². The summed E-state index contributed by atoms with van der Waals surface area (Å²) in [5.41, 5.74) is 2.39. The number of nitrogens with one attached hydrogen (secondary N) is 1. The van der Waals surface area contributed by atoms with Gasteiger partial charge < -0.3 is 19.7 Å². The molecule has 2 aromatic rings. The molecule has 26 heavy (non-hydrogen) atoms. The van der Waals surface area contributed by atoms with Gasteiger partial charge in [-0.3, -0.25) is 4.79 Å². The summed E-state index contributed by atoms with van der Waals surface area (Å²) in [6.07, 6.45) is 4.92. The van der Waals surface area contributed by atoms with Gasteiger partial charge in [-0.1, -0.05) is 25.0 Å². The van der Waals surface area contributed by atoms with Gasteiger partial charge in [-0.15, -0.1) is 0 Å². The number of carbonyl (C=O) groups excluding carboxylic acids is 1. The van der Waals surface area contributed by atoms with E-state index in [1.807, 2.05) is 18.2 Å². The van der Waals surface area contributed by atoms with Crippen molar-refractivity contribution in [3.05, 3.63) is 48.0 Å². The van der Waals surface area contributed by atoms with Gasteiger partial charge in [0, 0.05) is 19.2 Å². The Kier molecular flexibility index (Phi) is 6.00. The molecule has 0 aromatic heterocycles. The van der Waals surface area contributed by atoms with Gasteiger partial charge in [0.25, 0.3) is 5.91 Å². The minimum absolute atomic E-state index is 0.188. The van der Waals surface area contributed by atoms with E-state index >= 15 is 0 Å². The van der Waals surface area contributed by atoms with Crippen molar-refractivity contribution in [3.63, 3.8) is 0 Å². The summed E-state index contributed by atoms with van der Waals surface area (Å²) in [5, 5.41) is 3.06. The van der Waals surface area contributed by atoms with Crippen LogP contribution in [0.3, 0.4) is 0 Å². The molecule has 1 heterocycles. The molecule has 1 saturated heterocycles. The van der Waals surface area contributed by atoms with Crippen LogP contribution < -0.4 is 19.7 Å². The molecular formula is C21H26N2O3. The molecule has 0 aliphatic carbocycles. The van der Waals surface area contributed by atoms with Crippen LogP contribution in [0.25, 0.3) is 0 Å². The van der Waals surface area contributed by atoms with Crippen LogP contribution in [0, 0.1) is 0 Å². The molecule has 1 aliphatic heterocycles. The number of anilines is 2. The SMILES string of the molecule is COc1ccc(C(=O)Nc2ccccc2N2CCCCCC2)c(OC)c1. The predicted molar refractivity (Wildman–Crippen MR) is 105 cm³/mol. The van der Waals surface area contributed by atoms with E-state index in [0.29, 0.717) is 17.1 Å². The highest BCUT2D eigenvalue weighted by atomic mass is 16.5. The first-order chi connectivity index (χ1) is 12.7. The molecule has 1 aliphatic rings. The molecule has 1 N–H and O–H groups in total. The van der Waals surface area contributed by atoms with Crippen molar-refractivity contribution in [1.82, 2.24) is 0 Å². The van der Waals surface area contributed by atoms with E-state index in [-0.39, 0.29) is 5.91 Å². The highest BCUT2D eigenvalue weighted by Crippen LogP contribution is 2.30. The van der Waals surface area contributed by atoms with Crippen LogP contribution in [0.2, 0.25) is 0 Å². The molecule has 3 rings (SSSR count). The number of methoxy groups -OCH3 is 2. The number of nitrogens with zero attached hydrogens (tertiary/aromatic N) is 1. The second kappa shape index (κ2) is 8.61. The molecule has 1 amide bonds. The van der Waals surface area contributed by atoms with E-state index in [1.165, 1.54) is 25.7 Å². The van der Waals surface area contributed by atoms with Crippen molar-refractivity contribution < 1.29 is 14.3 Å². The number of hydrogen-bond donors (Lipinski definition) is 1. The molecule has 5 nitrogen and oxygen atoms in total. The lowest BCUT2D eigenvalue weighted by molar-refractivity contribution is 0.102. The molecule has 0 atom stereocenters. The summed E-state index contributed by atoms with van der Waals surface area (Å²) in [6.45, 7) is 2.05. The van der Waals surface area contributed by atoms with E-state index in [9.17, 15) is 4.79 Å². The Hall–Kier alpha value is -2.69. The number of amides is 1. The third kappa shape index (κ3) is 4.10. The highest BCUT2D eigenvalue weighted by Gasteiger charge is 2.18. The molecule has 0 spiro atoms. The molecular weight excluding hydrogens is 328 g/mol. The zero-order valence-corrected chi connectivity index (χ0v) is 15.5. The maximum Gasteiger partial charge on any atom is 0.259 e. The number of rotatable bonds is 5. The third-order valence-electron chi connectivity index (χ3n) is 4.75. The number of para-hydroxylation sites is 2. The van der Waals surface area contributed by atoms with Crippen LogP contribution >= 0.6 is 0 Å². The van der Waals surface area contributed by atoms with E-state index in [1.54, 1.807) is 32.4 Å². The van der Waals surface area contributed by atoms with Crippen molar-refractivity contribution in [2.45, 2.75) is 25.7 Å². The summed E-state index contributed by atoms with van der Waals surface area (Å²) < 4.78 is 10.6. The van der Waals surface area contributed by atoms with Gasteiger partial charge in [-0.25, -0.2) is 0 Å². The van der Waals surface area contributed by atoms with Crippen LogP contribution in [0.5, 0.6) is 11.5 Å². The lowest BCUT2D eigenvalue weighted by Gasteiger charge is -2.25. The Morgan fingerprint density at radius 1 is 0.962 bits per heavy atom. The minimum Gasteiger partial charge on any atom is -0.497 e. The van der Waals surface area contributed by atoms with Crippen LogP contribution in [-0.4, -0.2) is 33.2 Å². The number of benzene rings is 2. The molecule has 0 bridgehead atoms. The average molecular weight is 354 g/mol. The standard InChI is InChI=1S/C21H26N2O3/c1-25-16-11-12-17(20(15-16)26-2)21(24)22-18-9-5-6-10-19(18)23-13-7-3-4-8-14-23/h5-6,9-12,15H,3-4,7-8,13-14H2,1-2H3,(H,22,24). The third-order valence-corrected chi connectivity index (χ3v) is 4.75. The normalized spacial score (nSPS) is 14.5. The Balaban J connectivity index is 1.84. The van der Waals surface area contributed by atoms with Crippen LogP contribution in [-0.2, 0) is 0 Å². The maximum absolute atomic E-state index is 12.8. The average Bonchev–Trinajstić information content (AvgIpc) is 2.97. The van der Waals surface area contributed by atoms with Crippen molar-refractivity contribution in [2.75, 3.05) is 37.5 Å². The number of carbonyl (C=O) groups is 1. The fourth-order valence-electron chi connectivity index (χ4n) is 3.34. The summed E-state index contributed by atoms with van der Waals surface area (Å²) in [4.78, 5) is 15.2. The second-order valence-corrected chi connectivity index (χ2v) is 6.44. The molecule has 0 unspecified atom stereocenters. The lowest BCUT2D eigenvalue weighted by atomic mass is 10.1. The summed E-state index contributed by atoms with van der Waals surface area (Å²) in [7, 11) is 3.14. The summed E-state index contributed by atoms with van der Waals surface area (Å²) in [6, 6.07) is 13.2. The van der Waals surface area contributed by atoms with Gasteiger partial charge >= 0.3 is 0 Å². The Morgan fingerprint density at radius 3 is 2.38 bits per heavy atom. The topological polar surface area (TPSA) is 50.8 Å². The van der Waals surface area contributed by atoms with Crippen LogP contribution in [0.4, 0.5) is 11.4 Å². The van der Waals surface area contributed by atoms with Gasteiger partial charge in [0.05, 0.1) is 31.2 Å². The number of hydrogen-bond acceptors (Lipinski definition) is 4. The van der Waals surface area contributed by atoms with Crippen molar-refractivity contribution in [1.29, 1.82) is 0 Å². The van der Waals surface area contributed by atoms with Gasteiger partial charge in [0.2, 0.25) is 0 Å². The van der Waals surface area contributed by atoms with Crippen molar-refractivity contribution >= 4 is 17.3 Å². The molecule has 2 aromatic carbocycles. The van der Waals surface area contributed by atoms with Gasteiger partial charge in [0.15, 0.2) is 0 Å². The van der Waals surface area contributed by atoms with Gasteiger partial charge in [0.1, 0.15) is 11.5 Å². The fraction of sp³-hybridized carbons (Fsp3) is 0.381. The van der Waals surface area contributed by atoms with E-state index in [2.05, 4.69) is 16.3 Å². The van der Waals surface area contributed by atoms with Crippen molar-refractivity contribution in [2.24, 2.45) is 0 Å².